The number of anilines is 1. The zero-order valence-electron chi connectivity index (χ0n) is 12.6. The van der Waals surface area contributed by atoms with Crippen molar-refractivity contribution < 1.29 is 17.9 Å². The van der Waals surface area contributed by atoms with E-state index in [2.05, 4.69) is 4.98 Å². The van der Waals surface area contributed by atoms with Crippen molar-refractivity contribution in [2.75, 3.05) is 12.5 Å². The van der Waals surface area contributed by atoms with E-state index in [1.54, 1.807) is 13.0 Å². The van der Waals surface area contributed by atoms with Crippen LogP contribution in [0.1, 0.15) is 5.56 Å². The Kier molecular flexibility index (Phi) is 2.91. The highest BCUT2D eigenvalue weighted by atomic mass is 32.2. The van der Waals surface area contributed by atoms with E-state index in [-0.39, 0.29) is 17.2 Å². The minimum absolute atomic E-state index is 0.0321. The van der Waals surface area contributed by atoms with Gasteiger partial charge < -0.3 is 20.2 Å². The fourth-order valence-corrected chi connectivity index (χ4v) is 4.02. The van der Waals surface area contributed by atoms with Crippen LogP contribution in [-0.2, 0) is 10.0 Å². The molecule has 0 atom stereocenters. The molecule has 0 amide bonds. The number of imidazole rings is 1. The van der Waals surface area contributed by atoms with E-state index in [9.17, 15) is 13.2 Å². The molecule has 8 nitrogen and oxygen atoms in total. The molecule has 2 heterocycles. The number of fused-ring (bicyclic) bond motifs is 2. The van der Waals surface area contributed by atoms with E-state index >= 15 is 0 Å². The summed E-state index contributed by atoms with van der Waals surface area (Å²) in [5, 5.41) is 0. The molecule has 0 spiro atoms. The van der Waals surface area contributed by atoms with Crippen molar-refractivity contribution >= 4 is 26.7 Å². The van der Waals surface area contributed by atoms with Gasteiger partial charge in [0.15, 0.2) is 11.5 Å². The van der Waals surface area contributed by atoms with Crippen molar-refractivity contribution in [2.24, 2.45) is 0 Å². The number of H-pyrrole nitrogens is 1. The van der Waals surface area contributed by atoms with Crippen molar-refractivity contribution in [3.63, 3.8) is 0 Å². The number of rotatable bonds is 2. The largest absolute Gasteiger partial charge is 0.454 e. The van der Waals surface area contributed by atoms with E-state index < -0.39 is 15.7 Å². The van der Waals surface area contributed by atoms with Crippen LogP contribution in [0, 0.1) is 6.92 Å². The Morgan fingerprint density at radius 2 is 1.92 bits per heavy atom. The molecule has 3 aromatic rings. The molecule has 1 aromatic heterocycles. The van der Waals surface area contributed by atoms with Gasteiger partial charge in [0.1, 0.15) is 0 Å². The Bertz CT molecular complexity index is 1140. The highest BCUT2D eigenvalue weighted by molar-refractivity contribution is 7.90. The summed E-state index contributed by atoms with van der Waals surface area (Å²) in [5.41, 5.74) is 6.80. The van der Waals surface area contributed by atoms with Gasteiger partial charge in [-0.1, -0.05) is 0 Å². The van der Waals surface area contributed by atoms with E-state index in [1.165, 1.54) is 24.3 Å². The van der Waals surface area contributed by atoms with Crippen molar-refractivity contribution in [1.82, 2.24) is 8.96 Å². The van der Waals surface area contributed by atoms with Crippen LogP contribution in [0.15, 0.2) is 40.0 Å². The summed E-state index contributed by atoms with van der Waals surface area (Å²) in [5.74, 6) is 0.785. The predicted molar refractivity (Wildman–Crippen MR) is 86.9 cm³/mol. The minimum Gasteiger partial charge on any atom is -0.454 e. The molecular weight excluding hydrogens is 334 g/mol. The predicted octanol–water partition coefficient (Wildman–Crippen LogP) is 1.19. The number of nitrogens with one attached hydrogen (secondary N) is 1. The highest BCUT2D eigenvalue weighted by Gasteiger charge is 2.25. The minimum atomic E-state index is -4.11. The van der Waals surface area contributed by atoms with Gasteiger partial charge in [0, 0.05) is 11.8 Å². The second-order valence-corrected chi connectivity index (χ2v) is 7.23. The molecule has 0 saturated carbocycles. The molecule has 2 aromatic carbocycles. The number of benzene rings is 2. The molecular formula is C15H13N3O5S. The molecule has 3 N–H and O–H groups in total. The van der Waals surface area contributed by atoms with Gasteiger partial charge in [-0.15, -0.1) is 0 Å². The first kappa shape index (κ1) is 14.6. The quantitative estimate of drug-likeness (QED) is 0.673. The lowest BCUT2D eigenvalue weighted by molar-refractivity contribution is 0.174. The molecule has 0 aliphatic carbocycles. The van der Waals surface area contributed by atoms with E-state index in [0.29, 0.717) is 28.3 Å². The van der Waals surface area contributed by atoms with E-state index in [1.807, 2.05) is 0 Å². The Balaban J connectivity index is 1.98. The number of nitrogens with zero attached hydrogens (tertiary/aromatic N) is 1. The third-order valence-corrected chi connectivity index (χ3v) is 5.60. The van der Waals surface area contributed by atoms with E-state index in [0.717, 1.165) is 3.97 Å². The van der Waals surface area contributed by atoms with Crippen molar-refractivity contribution in [3.05, 3.63) is 46.4 Å². The Hall–Kier alpha value is -2.94. The molecule has 0 unspecified atom stereocenters. The van der Waals surface area contributed by atoms with Crippen LogP contribution in [0.3, 0.4) is 0 Å². The fraction of sp³-hybridized carbons (Fsp3) is 0.133. The van der Waals surface area contributed by atoms with Gasteiger partial charge in [-0.25, -0.2) is 13.2 Å². The number of aryl methyl sites for hydroxylation is 1. The molecule has 1 aliphatic rings. The lowest BCUT2D eigenvalue weighted by Gasteiger charge is -2.08. The topological polar surface area (TPSA) is 116 Å². The normalized spacial score (nSPS) is 13.5. The number of ether oxygens (including phenoxy) is 2. The molecule has 0 fully saturated rings. The molecule has 0 radical (unpaired) electrons. The first-order chi connectivity index (χ1) is 11.4. The molecule has 4 rings (SSSR count). The van der Waals surface area contributed by atoms with Gasteiger partial charge >= 0.3 is 5.69 Å². The summed E-state index contributed by atoms with van der Waals surface area (Å²) in [6.45, 7) is 1.77. The third kappa shape index (κ3) is 1.98. The smallest absolute Gasteiger partial charge is 0.340 e. The summed E-state index contributed by atoms with van der Waals surface area (Å²) < 4.78 is 37.0. The summed E-state index contributed by atoms with van der Waals surface area (Å²) >= 11 is 0. The van der Waals surface area contributed by atoms with Gasteiger partial charge in [0.05, 0.1) is 15.9 Å². The fourth-order valence-electron chi connectivity index (χ4n) is 2.63. The summed E-state index contributed by atoms with van der Waals surface area (Å²) in [6, 6.07) is 7.31. The first-order valence-electron chi connectivity index (χ1n) is 7.04. The molecule has 9 heteroatoms. The zero-order valence-corrected chi connectivity index (χ0v) is 13.4. The molecule has 0 saturated heterocycles. The lowest BCUT2D eigenvalue weighted by Crippen LogP contribution is -2.25. The molecule has 1 aliphatic heterocycles. The van der Waals surface area contributed by atoms with Crippen LogP contribution >= 0.6 is 0 Å². The van der Waals surface area contributed by atoms with Crippen LogP contribution in [-0.4, -0.2) is 24.2 Å². The van der Waals surface area contributed by atoms with Gasteiger partial charge in [-0.2, -0.15) is 3.97 Å². The van der Waals surface area contributed by atoms with Crippen LogP contribution in [0.25, 0.3) is 11.0 Å². The Labute approximate surface area is 136 Å². The second kappa shape index (κ2) is 4.78. The number of aromatic amines is 1. The average Bonchev–Trinajstić information content (AvgIpc) is 3.10. The summed E-state index contributed by atoms with van der Waals surface area (Å²) in [6.07, 6.45) is 0. The second-order valence-electron chi connectivity index (χ2n) is 5.44. The van der Waals surface area contributed by atoms with Crippen LogP contribution in [0.4, 0.5) is 5.69 Å². The van der Waals surface area contributed by atoms with Crippen LogP contribution in [0.2, 0.25) is 0 Å². The summed E-state index contributed by atoms with van der Waals surface area (Å²) in [4.78, 5) is 14.7. The molecule has 124 valence electrons. The maximum Gasteiger partial charge on any atom is 0.340 e. The van der Waals surface area contributed by atoms with Gasteiger partial charge in [0.25, 0.3) is 10.0 Å². The number of aromatic nitrogens is 2. The lowest BCUT2D eigenvalue weighted by atomic mass is 10.2. The summed E-state index contributed by atoms with van der Waals surface area (Å²) in [7, 11) is -4.11. The van der Waals surface area contributed by atoms with Crippen LogP contribution in [0.5, 0.6) is 11.5 Å². The van der Waals surface area contributed by atoms with Gasteiger partial charge in [-0.05, 0) is 36.8 Å². The zero-order chi connectivity index (χ0) is 17.1. The Morgan fingerprint density at radius 1 is 1.17 bits per heavy atom. The van der Waals surface area contributed by atoms with Crippen molar-refractivity contribution in [2.45, 2.75) is 11.8 Å². The number of hydrogen-bond donors (Lipinski definition) is 2. The van der Waals surface area contributed by atoms with E-state index in [4.69, 9.17) is 15.2 Å². The Morgan fingerprint density at radius 3 is 2.71 bits per heavy atom. The highest BCUT2D eigenvalue weighted by Crippen LogP contribution is 2.34. The van der Waals surface area contributed by atoms with Crippen LogP contribution < -0.4 is 20.9 Å². The number of nitrogen functional groups attached to an aromatic ring is 1. The van der Waals surface area contributed by atoms with Crippen molar-refractivity contribution in [1.29, 1.82) is 0 Å². The molecule has 24 heavy (non-hydrogen) atoms. The maximum absolute atomic E-state index is 12.9. The third-order valence-electron chi connectivity index (χ3n) is 3.91. The SMILES string of the molecule is Cc1cc2c(cc1N)[nH]c(=O)n2S(=O)(=O)c1ccc2c(c1)OCO2. The maximum atomic E-state index is 12.9. The average molecular weight is 347 g/mol. The number of hydrogen-bond acceptors (Lipinski definition) is 6. The standard InChI is InChI=1S/C15H13N3O5S/c1-8-4-12-11(6-10(8)16)17-15(19)18(12)24(20,21)9-2-3-13-14(5-9)23-7-22-13/h2-6H,7,16H2,1H3,(H,17,19). The monoisotopic (exact) mass is 347 g/mol. The molecule has 0 bridgehead atoms. The van der Waals surface area contributed by atoms with Gasteiger partial charge in [0.2, 0.25) is 6.79 Å². The van der Waals surface area contributed by atoms with Crippen molar-refractivity contribution in [3.8, 4) is 11.5 Å². The number of nitrogens with two attached hydrogens (primary N) is 1. The first-order valence-corrected chi connectivity index (χ1v) is 8.48. The van der Waals surface area contributed by atoms with Gasteiger partial charge in [-0.3, -0.25) is 0 Å².